The number of aryl methyl sites for hydroxylation is 1. The molecular formula is C19H17F3N4O2. The standard InChI is InChI=1S/C19H17F3N4O2/c1-3-18(9-24-17(27)28-18)12-7-10(2)6-11(8-12)13-4-5-23-16-14(13)15(25-26-16)19(20,21)22/h4-8H,3,9H2,1-2H3,(H,24,27)(H,23,25,26). The maximum absolute atomic E-state index is 13.4. The zero-order chi connectivity index (χ0) is 20.1. The first-order valence-corrected chi connectivity index (χ1v) is 8.73. The van der Waals surface area contributed by atoms with Gasteiger partial charge in [0.25, 0.3) is 0 Å². The number of carbonyl (C=O) groups is 1. The SMILES string of the molecule is CCC1(c2cc(C)cc(-c3ccnc4[nH]nc(C(F)(F)F)c34)c2)CNC(=O)O1. The van der Waals surface area contributed by atoms with Crippen molar-refractivity contribution in [3.05, 3.63) is 47.3 Å². The van der Waals surface area contributed by atoms with Crippen LogP contribution in [0.25, 0.3) is 22.2 Å². The van der Waals surface area contributed by atoms with E-state index in [1.165, 1.54) is 12.3 Å². The predicted octanol–water partition coefficient (Wildman–Crippen LogP) is 4.30. The summed E-state index contributed by atoms with van der Waals surface area (Å²) in [6, 6.07) is 6.96. The van der Waals surface area contributed by atoms with Crippen LogP contribution in [0.1, 0.15) is 30.2 Å². The number of pyridine rings is 1. The first-order chi connectivity index (χ1) is 13.2. The van der Waals surface area contributed by atoms with Gasteiger partial charge in [-0.1, -0.05) is 24.6 Å². The van der Waals surface area contributed by atoms with E-state index >= 15 is 0 Å². The lowest BCUT2D eigenvalue weighted by Gasteiger charge is -2.26. The van der Waals surface area contributed by atoms with Gasteiger partial charge in [0.15, 0.2) is 16.9 Å². The molecule has 2 aromatic heterocycles. The van der Waals surface area contributed by atoms with Crippen LogP contribution >= 0.6 is 0 Å². The van der Waals surface area contributed by atoms with Gasteiger partial charge in [-0.2, -0.15) is 18.3 Å². The maximum atomic E-state index is 13.4. The van der Waals surface area contributed by atoms with Crippen molar-refractivity contribution in [3.8, 4) is 11.1 Å². The summed E-state index contributed by atoms with van der Waals surface area (Å²) in [5.74, 6) is 0. The number of nitrogens with one attached hydrogen (secondary N) is 2. The van der Waals surface area contributed by atoms with Gasteiger partial charge < -0.3 is 10.1 Å². The van der Waals surface area contributed by atoms with Gasteiger partial charge in [0.1, 0.15) is 0 Å². The zero-order valence-electron chi connectivity index (χ0n) is 15.1. The van der Waals surface area contributed by atoms with Gasteiger partial charge >= 0.3 is 12.3 Å². The molecule has 1 aliphatic heterocycles. The van der Waals surface area contributed by atoms with E-state index in [-0.39, 0.29) is 11.0 Å². The molecule has 4 rings (SSSR count). The number of hydrogen-bond donors (Lipinski definition) is 2. The largest absolute Gasteiger partial charge is 0.436 e. The van der Waals surface area contributed by atoms with Crippen LogP contribution in [0.3, 0.4) is 0 Å². The highest BCUT2D eigenvalue weighted by atomic mass is 19.4. The highest BCUT2D eigenvalue weighted by Gasteiger charge is 2.41. The summed E-state index contributed by atoms with van der Waals surface area (Å²) in [6.07, 6.45) is -3.16. The summed E-state index contributed by atoms with van der Waals surface area (Å²) in [5.41, 5.74) is 0.702. The van der Waals surface area contributed by atoms with Gasteiger partial charge in [0, 0.05) is 6.20 Å². The third kappa shape index (κ3) is 2.87. The second-order valence-electron chi connectivity index (χ2n) is 6.83. The third-order valence-electron chi connectivity index (χ3n) is 5.02. The zero-order valence-corrected chi connectivity index (χ0v) is 15.1. The number of benzene rings is 1. The topological polar surface area (TPSA) is 79.9 Å². The first-order valence-electron chi connectivity index (χ1n) is 8.73. The van der Waals surface area contributed by atoms with E-state index in [1.54, 1.807) is 12.1 Å². The van der Waals surface area contributed by atoms with Gasteiger partial charge in [-0.25, -0.2) is 9.78 Å². The molecule has 0 spiro atoms. The first kappa shape index (κ1) is 18.3. The molecule has 1 unspecified atom stereocenters. The fourth-order valence-corrected chi connectivity index (χ4v) is 3.63. The van der Waals surface area contributed by atoms with Gasteiger partial charge in [-0.15, -0.1) is 0 Å². The van der Waals surface area contributed by atoms with Crippen molar-refractivity contribution < 1.29 is 22.7 Å². The van der Waals surface area contributed by atoms with Crippen molar-refractivity contribution in [1.82, 2.24) is 20.5 Å². The van der Waals surface area contributed by atoms with Crippen LogP contribution in [0.2, 0.25) is 0 Å². The number of ether oxygens (including phenoxy) is 1. The summed E-state index contributed by atoms with van der Waals surface area (Å²) >= 11 is 0. The Morgan fingerprint density at radius 2 is 2.07 bits per heavy atom. The highest BCUT2D eigenvalue weighted by Crippen LogP contribution is 2.40. The number of cyclic esters (lactones) is 1. The molecule has 0 bridgehead atoms. The summed E-state index contributed by atoms with van der Waals surface area (Å²) in [6.45, 7) is 4.04. The maximum Gasteiger partial charge on any atom is 0.435 e. The fraction of sp³-hybridized carbons (Fsp3) is 0.316. The van der Waals surface area contributed by atoms with Gasteiger partial charge in [0.2, 0.25) is 0 Å². The quantitative estimate of drug-likeness (QED) is 0.699. The van der Waals surface area contributed by atoms with Crippen LogP contribution in [0.5, 0.6) is 0 Å². The molecule has 0 aliphatic carbocycles. The number of nitrogens with zero attached hydrogens (tertiary/aromatic N) is 2. The molecular weight excluding hydrogens is 373 g/mol. The smallest absolute Gasteiger partial charge is 0.435 e. The fourth-order valence-electron chi connectivity index (χ4n) is 3.63. The van der Waals surface area contributed by atoms with Crippen molar-refractivity contribution in [2.75, 3.05) is 6.54 Å². The molecule has 1 amide bonds. The predicted molar refractivity (Wildman–Crippen MR) is 95.5 cm³/mol. The number of alkyl halides is 3. The Hall–Kier alpha value is -3.10. The number of aromatic nitrogens is 3. The number of aromatic amines is 1. The molecule has 2 N–H and O–H groups in total. The average molecular weight is 390 g/mol. The van der Waals surface area contributed by atoms with Gasteiger partial charge in [-0.3, -0.25) is 5.10 Å². The minimum Gasteiger partial charge on any atom is -0.436 e. The molecule has 1 atom stereocenters. The van der Waals surface area contributed by atoms with Gasteiger partial charge in [-0.05, 0) is 42.2 Å². The van der Waals surface area contributed by atoms with Crippen LogP contribution in [0.4, 0.5) is 18.0 Å². The number of amides is 1. The monoisotopic (exact) mass is 390 g/mol. The Labute approximate surface area is 158 Å². The number of alkyl carbamates (subject to hydrolysis) is 1. The molecule has 28 heavy (non-hydrogen) atoms. The van der Waals surface area contributed by atoms with E-state index in [9.17, 15) is 18.0 Å². The van der Waals surface area contributed by atoms with Crippen LogP contribution < -0.4 is 5.32 Å². The Morgan fingerprint density at radius 3 is 2.71 bits per heavy atom. The Bertz CT molecular complexity index is 1080. The van der Waals surface area contributed by atoms with E-state index in [1.807, 2.05) is 19.9 Å². The molecule has 0 radical (unpaired) electrons. The minimum atomic E-state index is -4.61. The van der Waals surface area contributed by atoms with Crippen molar-refractivity contribution in [2.24, 2.45) is 0 Å². The molecule has 1 fully saturated rings. The van der Waals surface area contributed by atoms with Crippen LogP contribution in [0, 0.1) is 6.92 Å². The highest BCUT2D eigenvalue weighted by molar-refractivity contribution is 5.95. The van der Waals surface area contributed by atoms with Gasteiger partial charge in [0.05, 0.1) is 11.9 Å². The number of rotatable bonds is 3. The number of carbonyl (C=O) groups excluding carboxylic acids is 1. The van der Waals surface area contributed by atoms with E-state index < -0.39 is 23.6 Å². The molecule has 6 nitrogen and oxygen atoms in total. The van der Waals surface area contributed by atoms with Crippen LogP contribution in [-0.2, 0) is 16.5 Å². The lowest BCUT2D eigenvalue weighted by Crippen LogP contribution is -2.29. The normalized spacial score (nSPS) is 19.7. The Kier molecular flexibility index (Phi) is 4.06. The number of H-pyrrole nitrogens is 1. The van der Waals surface area contributed by atoms with Crippen molar-refractivity contribution in [3.63, 3.8) is 0 Å². The molecule has 1 aromatic carbocycles. The lowest BCUT2D eigenvalue weighted by atomic mass is 9.87. The molecule has 9 heteroatoms. The summed E-state index contributed by atoms with van der Waals surface area (Å²) in [5, 5.41) is 8.35. The van der Waals surface area contributed by atoms with E-state index in [0.29, 0.717) is 24.1 Å². The molecule has 146 valence electrons. The molecule has 0 saturated carbocycles. The third-order valence-corrected chi connectivity index (χ3v) is 5.02. The van der Waals surface area contributed by atoms with Crippen molar-refractivity contribution >= 4 is 17.1 Å². The summed E-state index contributed by atoms with van der Waals surface area (Å²) < 4.78 is 45.8. The lowest BCUT2D eigenvalue weighted by molar-refractivity contribution is -0.139. The van der Waals surface area contributed by atoms with Crippen molar-refractivity contribution in [2.45, 2.75) is 32.0 Å². The minimum absolute atomic E-state index is 0.0621. The van der Waals surface area contributed by atoms with E-state index in [0.717, 1.165) is 11.1 Å². The van der Waals surface area contributed by atoms with E-state index in [4.69, 9.17) is 4.74 Å². The second kappa shape index (κ2) is 6.22. The van der Waals surface area contributed by atoms with Crippen LogP contribution in [-0.4, -0.2) is 27.8 Å². The van der Waals surface area contributed by atoms with Crippen molar-refractivity contribution in [1.29, 1.82) is 0 Å². The molecule has 3 heterocycles. The molecule has 3 aromatic rings. The Balaban J connectivity index is 1.93. The summed E-state index contributed by atoms with van der Waals surface area (Å²) in [4.78, 5) is 15.6. The Morgan fingerprint density at radius 1 is 1.29 bits per heavy atom. The average Bonchev–Trinajstić information content (AvgIpc) is 3.25. The number of halogens is 3. The number of fused-ring (bicyclic) bond motifs is 1. The van der Waals surface area contributed by atoms with Crippen LogP contribution in [0.15, 0.2) is 30.5 Å². The molecule has 1 saturated heterocycles. The second-order valence-corrected chi connectivity index (χ2v) is 6.83. The molecule has 1 aliphatic rings. The van der Waals surface area contributed by atoms with E-state index in [2.05, 4.69) is 20.5 Å². The summed E-state index contributed by atoms with van der Waals surface area (Å²) in [7, 11) is 0. The number of hydrogen-bond acceptors (Lipinski definition) is 4.